The predicted octanol–water partition coefficient (Wildman–Crippen LogP) is 0.527. The van der Waals surface area contributed by atoms with Gasteiger partial charge in [0.2, 0.25) is 0 Å². The van der Waals surface area contributed by atoms with E-state index in [0.717, 1.165) is 19.4 Å². The van der Waals surface area contributed by atoms with E-state index in [0.29, 0.717) is 6.54 Å². The molecule has 4 nitrogen and oxygen atoms in total. The van der Waals surface area contributed by atoms with Gasteiger partial charge >= 0.3 is 6.03 Å². The molecule has 1 heterocycles. The van der Waals surface area contributed by atoms with Gasteiger partial charge in [0.05, 0.1) is 0 Å². The van der Waals surface area contributed by atoms with Gasteiger partial charge in [0.15, 0.2) is 0 Å². The molecule has 0 aromatic rings. The van der Waals surface area contributed by atoms with Gasteiger partial charge in [-0.1, -0.05) is 0 Å². The maximum Gasteiger partial charge on any atom is 0.317 e. The summed E-state index contributed by atoms with van der Waals surface area (Å²) in [5, 5.41) is 2.88. The fourth-order valence-electron chi connectivity index (χ4n) is 1.68. The Morgan fingerprint density at radius 1 is 1.69 bits per heavy atom. The number of urea groups is 1. The lowest BCUT2D eigenvalue weighted by Crippen LogP contribution is -2.47. The summed E-state index contributed by atoms with van der Waals surface area (Å²) in [6.45, 7) is 5.35. The molecule has 4 heteroatoms. The maximum absolute atomic E-state index is 11.6. The van der Waals surface area contributed by atoms with Crippen molar-refractivity contribution in [2.45, 2.75) is 38.8 Å². The molecule has 1 atom stereocenters. The smallest absolute Gasteiger partial charge is 0.317 e. The fourth-order valence-corrected chi connectivity index (χ4v) is 1.68. The number of nitrogens with two attached hydrogens (primary N) is 1. The Kier molecular flexibility index (Phi) is 3.54. The highest BCUT2D eigenvalue weighted by molar-refractivity contribution is 5.75. The molecule has 1 fully saturated rings. The molecule has 0 radical (unpaired) electrons. The van der Waals surface area contributed by atoms with E-state index in [-0.39, 0.29) is 18.1 Å². The number of amides is 2. The van der Waals surface area contributed by atoms with Crippen LogP contribution < -0.4 is 11.1 Å². The number of hydrogen-bond acceptors (Lipinski definition) is 2. The summed E-state index contributed by atoms with van der Waals surface area (Å²) in [6.07, 6.45) is 2.12. The van der Waals surface area contributed by atoms with Crippen LogP contribution in [0.25, 0.3) is 0 Å². The number of carbonyl (C=O) groups is 1. The molecule has 13 heavy (non-hydrogen) atoms. The van der Waals surface area contributed by atoms with E-state index in [2.05, 4.69) is 5.32 Å². The van der Waals surface area contributed by atoms with E-state index >= 15 is 0 Å². The zero-order valence-corrected chi connectivity index (χ0v) is 8.42. The van der Waals surface area contributed by atoms with Crippen LogP contribution in [0.3, 0.4) is 0 Å². The fraction of sp³-hybridized carbons (Fsp3) is 0.889. The highest BCUT2D eigenvalue weighted by Crippen LogP contribution is 2.15. The highest BCUT2D eigenvalue weighted by Gasteiger charge is 2.27. The first-order chi connectivity index (χ1) is 6.15. The molecule has 1 rings (SSSR count). The average Bonchev–Trinajstić information content (AvgIpc) is 2.49. The molecule has 0 aliphatic carbocycles. The van der Waals surface area contributed by atoms with Crippen LogP contribution in [0.5, 0.6) is 0 Å². The number of rotatable bonds is 2. The van der Waals surface area contributed by atoms with Crippen molar-refractivity contribution in [3.05, 3.63) is 0 Å². The summed E-state index contributed by atoms with van der Waals surface area (Å²) in [7, 11) is 0. The third kappa shape index (κ3) is 2.59. The lowest BCUT2D eigenvalue weighted by Gasteiger charge is -2.24. The van der Waals surface area contributed by atoms with Crippen LogP contribution in [-0.4, -0.2) is 36.1 Å². The predicted molar refractivity (Wildman–Crippen MR) is 52.5 cm³/mol. The van der Waals surface area contributed by atoms with Crippen LogP contribution in [0.2, 0.25) is 0 Å². The molecule has 0 bridgehead atoms. The second kappa shape index (κ2) is 4.46. The standard InChI is InChI=1S/C9H19N3O/c1-7(2)11-9(13)12-5-3-4-8(12)6-10/h7-8H,3-6,10H2,1-2H3,(H,11,13)/t8-/m1/s1. The number of likely N-dealkylation sites (tertiary alicyclic amines) is 1. The second-order valence-electron chi connectivity index (χ2n) is 3.83. The lowest BCUT2D eigenvalue weighted by atomic mass is 10.2. The van der Waals surface area contributed by atoms with Crippen molar-refractivity contribution in [1.82, 2.24) is 10.2 Å². The van der Waals surface area contributed by atoms with Crippen molar-refractivity contribution in [1.29, 1.82) is 0 Å². The van der Waals surface area contributed by atoms with Crippen LogP contribution in [0.4, 0.5) is 4.79 Å². The van der Waals surface area contributed by atoms with Crippen LogP contribution in [-0.2, 0) is 0 Å². The maximum atomic E-state index is 11.6. The van der Waals surface area contributed by atoms with Crippen molar-refractivity contribution in [2.75, 3.05) is 13.1 Å². The minimum atomic E-state index is 0.0305. The molecule has 0 spiro atoms. The first-order valence-electron chi connectivity index (χ1n) is 4.92. The molecule has 2 amide bonds. The van der Waals surface area contributed by atoms with Gasteiger partial charge in [0.25, 0.3) is 0 Å². The Morgan fingerprint density at radius 2 is 2.38 bits per heavy atom. The SMILES string of the molecule is CC(C)NC(=O)N1CCC[C@@H]1CN. The molecule has 0 saturated carbocycles. The summed E-state index contributed by atoms with van der Waals surface area (Å²) < 4.78 is 0. The Labute approximate surface area is 79.5 Å². The normalized spacial score (nSPS) is 22.5. The van der Waals surface area contributed by atoms with Crippen molar-refractivity contribution in [3.63, 3.8) is 0 Å². The van der Waals surface area contributed by atoms with Gasteiger partial charge in [-0.25, -0.2) is 4.79 Å². The number of nitrogens with zero attached hydrogens (tertiary/aromatic N) is 1. The molecule has 3 N–H and O–H groups in total. The van der Waals surface area contributed by atoms with E-state index in [4.69, 9.17) is 5.73 Å². The van der Waals surface area contributed by atoms with Gasteiger partial charge in [-0.3, -0.25) is 0 Å². The van der Waals surface area contributed by atoms with E-state index < -0.39 is 0 Å². The van der Waals surface area contributed by atoms with Crippen LogP contribution in [0.1, 0.15) is 26.7 Å². The Balaban J connectivity index is 2.45. The Hall–Kier alpha value is -0.770. The van der Waals surface area contributed by atoms with Gasteiger partial charge in [-0.15, -0.1) is 0 Å². The third-order valence-electron chi connectivity index (χ3n) is 2.32. The number of nitrogens with one attached hydrogen (secondary N) is 1. The van der Waals surface area contributed by atoms with E-state index in [1.807, 2.05) is 18.7 Å². The molecular formula is C9H19N3O. The van der Waals surface area contributed by atoms with Crippen LogP contribution >= 0.6 is 0 Å². The van der Waals surface area contributed by atoms with Gasteiger partial charge < -0.3 is 16.0 Å². The van der Waals surface area contributed by atoms with Crippen LogP contribution in [0, 0.1) is 0 Å². The minimum Gasteiger partial charge on any atom is -0.336 e. The van der Waals surface area contributed by atoms with E-state index in [1.165, 1.54) is 0 Å². The van der Waals surface area contributed by atoms with E-state index in [1.54, 1.807) is 0 Å². The van der Waals surface area contributed by atoms with Gasteiger partial charge in [0.1, 0.15) is 0 Å². The largest absolute Gasteiger partial charge is 0.336 e. The molecule has 76 valence electrons. The molecule has 1 saturated heterocycles. The monoisotopic (exact) mass is 185 g/mol. The molecular weight excluding hydrogens is 166 g/mol. The van der Waals surface area contributed by atoms with Crippen molar-refractivity contribution in [3.8, 4) is 0 Å². The third-order valence-corrected chi connectivity index (χ3v) is 2.32. The topological polar surface area (TPSA) is 58.4 Å². The molecule has 0 aromatic carbocycles. The summed E-state index contributed by atoms with van der Waals surface area (Å²) in [4.78, 5) is 13.4. The summed E-state index contributed by atoms with van der Waals surface area (Å²) in [5.41, 5.74) is 5.57. The van der Waals surface area contributed by atoms with Crippen molar-refractivity contribution >= 4 is 6.03 Å². The Bertz CT molecular complexity index is 182. The number of carbonyl (C=O) groups excluding carboxylic acids is 1. The average molecular weight is 185 g/mol. The van der Waals surface area contributed by atoms with Crippen molar-refractivity contribution < 1.29 is 4.79 Å². The summed E-state index contributed by atoms with van der Waals surface area (Å²) in [6, 6.07) is 0.480. The van der Waals surface area contributed by atoms with Crippen molar-refractivity contribution in [2.24, 2.45) is 5.73 Å². The van der Waals surface area contributed by atoms with Gasteiger partial charge in [0, 0.05) is 25.2 Å². The van der Waals surface area contributed by atoms with Gasteiger partial charge in [-0.2, -0.15) is 0 Å². The van der Waals surface area contributed by atoms with Gasteiger partial charge in [-0.05, 0) is 26.7 Å². The quantitative estimate of drug-likeness (QED) is 0.659. The zero-order chi connectivity index (χ0) is 9.84. The second-order valence-corrected chi connectivity index (χ2v) is 3.83. The Morgan fingerprint density at radius 3 is 2.92 bits per heavy atom. The summed E-state index contributed by atoms with van der Waals surface area (Å²) >= 11 is 0. The first kappa shape index (κ1) is 10.3. The molecule has 1 aliphatic heterocycles. The minimum absolute atomic E-state index is 0.0305. The first-order valence-corrected chi connectivity index (χ1v) is 4.92. The zero-order valence-electron chi connectivity index (χ0n) is 8.42. The lowest BCUT2D eigenvalue weighted by molar-refractivity contribution is 0.191. The number of hydrogen-bond donors (Lipinski definition) is 2. The molecule has 0 unspecified atom stereocenters. The molecule has 0 aromatic heterocycles. The molecule has 1 aliphatic rings. The van der Waals surface area contributed by atoms with E-state index in [9.17, 15) is 4.79 Å². The highest BCUT2D eigenvalue weighted by atomic mass is 16.2. The van der Waals surface area contributed by atoms with Crippen LogP contribution in [0.15, 0.2) is 0 Å². The summed E-state index contributed by atoms with van der Waals surface area (Å²) in [5.74, 6) is 0.